The highest BCUT2D eigenvalue weighted by atomic mass is 79.9. The Morgan fingerprint density at radius 1 is 1.03 bits per heavy atom. The van der Waals surface area contributed by atoms with Gasteiger partial charge in [0.05, 0.1) is 7.11 Å². The molecule has 4 fully saturated rings. The van der Waals surface area contributed by atoms with E-state index in [1.807, 2.05) is 24.3 Å². The summed E-state index contributed by atoms with van der Waals surface area (Å²) in [4.78, 5) is 27.6. The number of anilines is 1. The van der Waals surface area contributed by atoms with E-state index in [0.29, 0.717) is 13.2 Å². The van der Waals surface area contributed by atoms with Gasteiger partial charge in [0, 0.05) is 41.9 Å². The van der Waals surface area contributed by atoms with Crippen molar-refractivity contribution in [3.63, 3.8) is 0 Å². The third-order valence-electron chi connectivity index (χ3n) is 8.98. The Morgan fingerprint density at radius 3 is 2.35 bits per heavy atom. The monoisotopic (exact) mass is 565 g/mol. The Bertz CT molecular complexity index is 1130. The van der Waals surface area contributed by atoms with E-state index in [0.717, 1.165) is 54.4 Å². The molecule has 5 nitrogen and oxygen atoms in total. The summed E-state index contributed by atoms with van der Waals surface area (Å²) >= 11 is 3.58. The highest BCUT2D eigenvalue weighted by molar-refractivity contribution is 9.10. The highest BCUT2D eigenvalue weighted by Gasteiger charge is 2.50. The second kappa shape index (κ2) is 11.1. The van der Waals surface area contributed by atoms with Gasteiger partial charge in [-0.15, -0.1) is 0 Å². The molecule has 3 saturated carbocycles. The van der Waals surface area contributed by atoms with Gasteiger partial charge in [0.2, 0.25) is 5.91 Å². The van der Waals surface area contributed by atoms with Crippen molar-refractivity contribution < 1.29 is 19.1 Å². The lowest BCUT2D eigenvalue weighted by Gasteiger charge is -2.55. The van der Waals surface area contributed by atoms with E-state index in [4.69, 9.17) is 9.47 Å². The maximum atomic E-state index is 14.0. The first-order valence-electron chi connectivity index (χ1n) is 13.4. The normalized spacial score (nSPS) is 25.8. The van der Waals surface area contributed by atoms with Gasteiger partial charge in [0.1, 0.15) is 0 Å². The van der Waals surface area contributed by atoms with Gasteiger partial charge in [0.25, 0.3) is 0 Å². The molecule has 1 aliphatic heterocycles. The SMILES string of the molecule is COC(=O)/C=C/c1cccc(N(CC23CCC(c4ccc(Br)cc4)(CC2)CC3)C(=O)C2CCOCC2)c1. The minimum atomic E-state index is -0.391. The number of methoxy groups -OCH3 is 1. The molecule has 0 spiro atoms. The third kappa shape index (κ3) is 5.70. The quantitative estimate of drug-likeness (QED) is 0.277. The molecule has 0 aromatic heterocycles. The Morgan fingerprint density at radius 2 is 1.70 bits per heavy atom. The lowest BCUT2D eigenvalue weighted by Crippen LogP contribution is -2.51. The molecule has 0 N–H and O–H groups in total. The van der Waals surface area contributed by atoms with Gasteiger partial charge >= 0.3 is 5.97 Å². The van der Waals surface area contributed by atoms with Crippen molar-refractivity contribution in [2.45, 2.75) is 56.8 Å². The van der Waals surface area contributed by atoms with Crippen molar-refractivity contribution in [3.8, 4) is 0 Å². The van der Waals surface area contributed by atoms with Crippen molar-refractivity contribution in [2.24, 2.45) is 11.3 Å². The first-order chi connectivity index (χ1) is 17.9. The largest absolute Gasteiger partial charge is 0.466 e. The van der Waals surface area contributed by atoms with Crippen LogP contribution < -0.4 is 4.90 Å². The van der Waals surface area contributed by atoms with Gasteiger partial charge < -0.3 is 14.4 Å². The van der Waals surface area contributed by atoms with Gasteiger partial charge in [-0.05, 0) is 104 Å². The smallest absolute Gasteiger partial charge is 0.330 e. The first kappa shape index (κ1) is 26.2. The van der Waals surface area contributed by atoms with Crippen LogP contribution in [0, 0.1) is 11.3 Å². The summed E-state index contributed by atoms with van der Waals surface area (Å²) < 4.78 is 11.4. The minimum Gasteiger partial charge on any atom is -0.466 e. The number of hydrogen-bond donors (Lipinski definition) is 0. The van der Waals surface area contributed by atoms with Crippen LogP contribution in [0.5, 0.6) is 0 Å². The molecule has 3 aliphatic carbocycles. The number of fused-ring (bicyclic) bond motifs is 3. The van der Waals surface area contributed by atoms with E-state index in [2.05, 4.69) is 45.1 Å². The van der Waals surface area contributed by atoms with Gasteiger partial charge in [0.15, 0.2) is 0 Å². The minimum absolute atomic E-state index is 0.00606. The Labute approximate surface area is 228 Å². The summed E-state index contributed by atoms with van der Waals surface area (Å²) in [5.41, 5.74) is 3.68. The fourth-order valence-corrected chi connectivity index (χ4v) is 6.83. The van der Waals surface area contributed by atoms with E-state index in [-0.39, 0.29) is 22.7 Å². The Hall–Kier alpha value is -2.44. The second-order valence-electron chi connectivity index (χ2n) is 11.0. The molecule has 37 heavy (non-hydrogen) atoms. The van der Waals surface area contributed by atoms with E-state index in [9.17, 15) is 9.59 Å². The van der Waals surface area contributed by atoms with Crippen molar-refractivity contribution >= 4 is 39.6 Å². The van der Waals surface area contributed by atoms with Crippen LogP contribution in [0.2, 0.25) is 0 Å². The molecule has 196 valence electrons. The lowest BCUT2D eigenvalue weighted by atomic mass is 9.51. The molecule has 2 bridgehead atoms. The van der Waals surface area contributed by atoms with Crippen molar-refractivity contribution in [3.05, 3.63) is 70.2 Å². The van der Waals surface area contributed by atoms with Crippen LogP contribution in [-0.2, 0) is 24.5 Å². The third-order valence-corrected chi connectivity index (χ3v) is 9.51. The number of benzene rings is 2. The number of rotatable bonds is 7. The number of carbonyl (C=O) groups is 2. The average Bonchev–Trinajstić information content (AvgIpc) is 2.96. The molecule has 1 amide bonds. The molecule has 0 radical (unpaired) electrons. The number of amides is 1. The number of halogens is 1. The second-order valence-corrected chi connectivity index (χ2v) is 12.0. The Balaban J connectivity index is 1.39. The van der Waals surface area contributed by atoms with Crippen LogP contribution in [0.4, 0.5) is 5.69 Å². The molecule has 6 rings (SSSR count). The zero-order chi connectivity index (χ0) is 25.9. The van der Waals surface area contributed by atoms with Crippen LogP contribution in [0.25, 0.3) is 6.08 Å². The molecule has 6 heteroatoms. The van der Waals surface area contributed by atoms with Crippen LogP contribution >= 0.6 is 15.9 Å². The first-order valence-corrected chi connectivity index (χ1v) is 14.2. The molecular weight excluding hydrogens is 530 g/mol. The predicted octanol–water partition coefficient (Wildman–Crippen LogP) is 6.69. The molecule has 2 aromatic rings. The predicted molar refractivity (Wildman–Crippen MR) is 149 cm³/mol. The molecule has 0 unspecified atom stereocenters. The molecule has 0 atom stereocenters. The van der Waals surface area contributed by atoms with E-state index in [1.165, 1.54) is 38.0 Å². The summed E-state index contributed by atoms with van der Waals surface area (Å²) in [6.45, 7) is 2.05. The molecule has 1 saturated heterocycles. The topological polar surface area (TPSA) is 55.8 Å². The molecule has 2 aromatic carbocycles. The van der Waals surface area contributed by atoms with Crippen molar-refractivity contribution in [1.29, 1.82) is 0 Å². The number of hydrogen-bond acceptors (Lipinski definition) is 4. The molecule has 4 aliphatic rings. The summed E-state index contributed by atoms with van der Waals surface area (Å²) in [5.74, 6) is -0.186. The van der Waals surface area contributed by atoms with Gasteiger partial charge in [-0.2, -0.15) is 0 Å². The molecule has 1 heterocycles. The Kier molecular flexibility index (Phi) is 7.87. The maximum absolute atomic E-state index is 14.0. The zero-order valence-corrected chi connectivity index (χ0v) is 23.2. The lowest BCUT2D eigenvalue weighted by molar-refractivity contribution is -0.134. The summed E-state index contributed by atoms with van der Waals surface area (Å²) in [7, 11) is 1.37. The summed E-state index contributed by atoms with van der Waals surface area (Å²) in [6, 6.07) is 16.9. The van der Waals surface area contributed by atoms with E-state index < -0.39 is 5.97 Å². The van der Waals surface area contributed by atoms with Crippen molar-refractivity contribution in [2.75, 3.05) is 31.8 Å². The zero-order valence-electron chi connectivity index (χ0n) is 21.6. The molecular formula is C31H36BrNO4. The number of nitrogens with zero attached hydrogens (tertiary/aromatic N) is 1. The fraction of sp³-hybridized carbons (Fsp3) is 0.484. The standard InChI is InChI=1S/C31H36BrNO4/c1-36-28(34)10-5-23-3-2-4-27(21-23)33(29(35)24-11-19-37-20-12-24)22-30-13-16-31(17-14-30,18-15-30)25-6-8-26(32)9-7-25/h2-10,21,24H,11-20,22H2,1H3/b10-5+. The maximum Gasteiger partial charge on any atom is 0.330 e. The number of esters is 1. The fourth-order valence-electron chi connectivity index (χ4n) is 6.56. The van der Waals surface area contributed by atoms with Crippen LogP contribution in [0.3, 0.4) is 0 Å². The van der Waals surface area contributed by atoms with Crippen LogP contribution in [0.15, 0.2) is 59.1 Å². The van der Waals surface area contributed by atoms with Gasteiger partial charge in [-0.25, -0.2) is 4.79 Å². The number of ether oxygens (including phenoxy) is 2. The van der Waals surface area contributed by atoms with Crippen molar-refractivity contribution in [1.82, 2.24) is 0 Å². The van der Waals surface area contributed by atoms with E-state index >= 15 is 0 Å². The van der Waals surface area contributed by atoms with E-state index in [1.54, 1.807) is 6.08 Å². The highest BCUT2D eigenvalue weighted by Crippen LogP contribution is 2.58. The number of carbonyl (C=O) groups excluding carboxylic acids is 2. The average molecular weight is 567 g/mol. The van der Waals surface area contributed by atoms with Gasteiger partial charge in [-0.1, -0.05) is 40.2 Å². The van der Waals surface area contributed by atoms with Crippen LogP contribution in [-0.4, -0.2) is 38.7 Å². The summed E-state index contributed by atoms with van der Waals surface area (Å²) in [6.07, 6.45) is 11.7. The van der Waals surface area contributed by atoms with Crippen LogP contribution in [0.1, 0.15) is 62.5 Å². The van der Waals surface area contributed by atoms with Gasteiger partial charge in [-0.3, -0.25) is 4.79 Å². The summed E-state index contributed by atoms with van der Waals surface area (Å²) in [5, 5.41) is 0.